The summed E-state index contributed by atoms with van der Waals surface area (Å²) in [5.74, 6) is 0.509. The van der Waals surface area contributed by atoms with Gasteiger partial charge in [-0.05, 0) is 17.7 Å². The highest BCUT2D eigenvalue weighted by atomic mass is 32.1. The van der Waals surface area contributed by atoms with E-state index in [9.17, 15) is 9.90 Å². The Kier molecular flexibility index (Phi) is 4.30. The predicted molar refractivity (Wildman–Crippen MR) is 60.4 cm³/mol. The third kappa shape index (κ3) is 3.36. The molecule has 1 rings (SSSR count). The summed E-state index contributed by atoms with van der Waals surface area (Å²) < 4.78 is 4.94. The highest BCUT2D eigenvalue weighted by Gasteiger charge is 2.03. The van der Waals surface area contributed by atoms with Crippen LogP contribution >= 0.6 is 12.6 Å². The van der Waals surface area contributed by atoms with Crippen LogP contribution in [0.1, 0.15) is 5.56 Å². The lowest BCUT2D eigenvalue weighted by Crippen LogP contribution is -2.23. The van der Waals surface area contributed by atoms with Crippen LogP contribution < -0.4 is 10.1 Å². The molecule has 0 atom stereocenters. The van der Waals surface area contributed by atoms with Gasteiger partial charge in [-0.1, -0.05) is 6.07 Å². The highest BCUT2D eigenvalue weighted by Crippen LogP contribution is 2.25. The summed E-state index contributed by atoms with van der Waals surface area (Å²) in [5, 5.41) is 12.0. The molecular formula is C10H13NO3S. The number of carbonyl (C=O) groups is 1. The molecule has 0 spiro atoms. The van der Waals surface area contributed by atoms with Crippen LogP contribution in [0.4, 0.5) is 0 Å². The number of methoxy groups -OCH3 is 1. The van der Waals surface area contributed by atoms with Crippen LogP contribution in [-0.2, 0) is 11.3 Å². The number of carbonyl (C=O) groups excluding carboxylic acids is 1. The van der Waals surface area contributed by atoms with Crippen molar-refractivity contribution in [3.8, 4) is 11.5 Å². The normalized spacial score (nSPS) is 9.73. The van der Waals surface area contributed by atoms with E-state index >= 15 is 0 Å². The van der Waals surface area contributed by atoms with Crippen molar-refractivity contribution in [2.45, 2.75) is 6.54 Å². The summed E-state index contributed by atoms with van der Waals surface area (Å²) in [6.07, 6.45) is 0. The number of benzene rings is 1. The van der Waals surface area contributed by atoms with Gasteiger partial charge in [0, 0.05) is 6.54 Å². The first kappa shape index (κ1) is 11.7. The molecule has 0 fully saturated rings. The smallest absolute Gasteiger partial charge is 0.229 e. The van der Waals surface area contributed by atoms with Gasteiger partial charge in [-0.2, -0.15) is 12.6 Å². The Morgan fingerprint density at radius 3 is 2.93 bits per heavy atom. The maximum Gasteiger partial charge on any atom is 0.229 e. The van der Waals surface area contributed by atoms with Gasteiger partial charge < -0.3 is 15.2 Å². The first-order valence-electron chi connectivity index (χ1n) is 4.41. The fourth-order valence-electron chi connectivity index (χ4n) is 1.09. The Hall–Kier alpha value is -1.36. The van der Waals surface area contributed by atoms with Gasteiger partial charge in [0.15, 0.2) is 11.5 Å². The molecule has 2 N–H and O–H groups in total. The summed E-state index contributed by atoms with van der Waals surface area (Å²) >= 11 is 3.84. The number of phenolic OH excluding ortho intramolecular Hbond substituents is 1. The Bertz CT molecular complexity index is 355. The Balaban J connectivity index is 2.66. The molecule has 5 heteroatoms. The number of phenols is 1. The topological polar surface area (TPSA) is 58.6 Å². The van der Waals surface area contributed by atoms with Crippen molar-refractivity contribution < 1.29 is 14.6 Å². The molecule has 0 aliphatic carbocycles. The van der Waals surface area contributed by atoms with Crippen molar-refractivity contribution in [2.24, 2.45) is 0 Å². The molecule has 0 radical (unpaired) electrons. The minimum absolute atomic E-state index is 0.0850. The van der Waals surface area contributed by atoms with Crippen molar-refractivity contribution in [2.75, 3.05) is 12.9 Å². The van der Waals surface area contributed by atoms with E-state index in [1.54, 1.807) is 12.1 Å². The van der Waals surface area contributed by atoms with E-state index in [0.29, 0.717) is 12.3 Å². The number of rotatable bonds is 4. The Morgan fingerprint density at radius 2 is 2.33 bits per heavy atom. The van der Waals surface area contributed by atoms with Crippen molar-refractivity contribution in [3.05, 3.63) is 23.8 Å². The van der Waals surface area contributed by atoms with Crippen LogP contribution in [0.25, 0.3) is 0 Å². The van der Waals surface area contributed by atoms with E-state index in [2.05, 4.69) is 17.9 Å². The molecule has 0 bridgehead atoms. The first-order valence-corrected chi connectivity index (χ1v) is 5.04. The number of thiol groups is 1. The minimum atomic E-state index is -0.134. The average molecular weight is 227 g/mol. The lowest BCUT2D eigenvalue weighted by Gasteiger charge is -2.07. The zero-order valence-corrected chi connectivity index (χ0v) is 9.25. The number of nitrogens with one attached hydrogen (secondary N) is 1. The fraction of sp³-hybridized carbons (Fsp3) is 0.300. The Morgan fingerprint density at radius 1 is 1.60 bits per heavy atom. The lowest BCUT2D eigenvalue weighted by molar-refractivity contribution is -0.118. The molecule has 0 aliphatic rings. The van der Waals surface area contributed by atoms with E-state index in [1.807, 2.05) is 0 Å². The number of aromatic hydroxyl groups is 1. The summed E-state index contributed by atoms with van der Waals surface area (Å²) in [6.45, 7) is 0.399. The second-order valence-electron chi connectivity index (χ2n) is 2.94. The van der Waals surface area contributed by atoms with Crippen molar-refractivity contribution in [1.82, 2.24) is 5.32 Å². The first-order chi connectivity index (χ1) is 7.17. The summed E-state index contributed by atoms with van der Waals surface area (Å²) in [7, 11) is 1.48. The zero-order chi connectivity index (χ0) is 11.3. The molecule has 0 saturated carbocycles. The second kappa shape index (κ2) is 5.50. The SMILES string of the molecule is COc1cc(CNC(=O)CS)ccc1O. The van der Waals surface area contributed by atoms with Crippen LogP contribution in [0, 0.1) is 0 Å². The standard InChI is InChI=1S/C10H13NO3S/c1-14-9-4-7(2-3-8(9)12)5-11-10(13)6-15/h2-4,12,15H,5-6H2,1H3,(H,11,13). The van der Waals surface area contributed by atoms with Crippen molar-refractivity contribution >= 4 is 18.5 Å². The van der Waals surface area contributed by atoms with E-state index in [4.69, 9.17) is 4.74 Å². The molecule has 0 aromatic heterocycles. The van der Waals surface area contributed by atoms with Crippen LogP contribution in [-0.4, -0.2) is 23.9 Å². The molecule has 1 aromatic rings. The molecule has 4 nitrogen and oxygen atoms in total. The summed E-state index contributed by atoms with van der Waals surface area (Å²) in [4.78, 5) is 10.9. The van der Waals surface area contributed by atoms with Gasteiger partial charge in [-0.3, -0.25) is 4.79 Å². The van der Waals surface area contributed by atoms with Gasteiger partial charge in [-0.25, -0.2) is 0 Å². The molecular weight excluding hydrogens is 214 g/mol. The third-order valence-electron chi connectivity index (χ3n) is 1.88. The highest BCUT2D eigenvalue weighted by molar-refractivity contribution is 7.81. The molecule has 15 heavy (non-hydrogen) atoms. The Labute approximate surface area is 93.7 Å². The van der Waals surface area contributed by atoms with E-state index in [-0.39, 0.29) is 17.4 Å². The monoisotopic (exact) mass is 227 g/mol. The summed E-state index contributed by atoms with van der Waals surface area (Å²) in [6, 6.07) is 4.92. The van der Waals surface area contributed by atoms with Crippen molar-refractivity contribution in [3.63, 3.8) is 0 Å². The average Bonchev–Trinajstić information content (AvgIpc) is 2.27. The fourth-order valence-corrected chi connectivity index (χ4v) is 1.20. The molecule has 0 saturated heterocycles. The number of ether oxygens (including phenoxy) is 1. The van der Waals surface area contributed by atoms with Gasteiger partial charge in [0.1, 0.15) is 0 Å². The van der Waals surface area contributed by atoms with Gasteiger partial charge in [-0.15, -0.1) is 0 Å². The molecule has 1 amide bonds. The zero-order valence-electron chi connectivity index (χ0n) is 8.36. The molecule has 1 aromatic carbocycles. The van der Waals surface area contributed by atoms with E-state index in [1.165, 1.54) is 13.2 Å². The van der Waals surface area contributed by atoms with E-state index in [0.717, 1.165) is 5.56 Å². The van der Waals surface area contributed by atoms with Crippen LogP contribution in [0.15, 0.2) is 18.2 Å². The molecule has 82 valence electrons. The van der Waals surface area contributed by atoms with Gasteiger partial charge in [0.2, 0.25) is 5.91 Å². The summed E-state index contributed by atoms with van der Waals surface area (Å²) in [5.41, 5.74) is 0.861. The van der Waals surface area contributed by atoms with Gasteiger partial charge in [0.25, 0.3) is 0 Å². The maximum absolute atomic E-state index is 10.9. The maximum atomic E-state index is 10.9. The molecule has 0 heterocycles. The van der Waals surface area contributed by atoms with Gasteiger partial charge in [0.05, 0.1) is 12.9 Å². The number of amides is 1. The van der Waals surface area contributed by atoms with Gasteiger partial charge >= 0.3 is 0 Å². The third-order valence-corrected chi connectivity index (χ3v) is 2.16. The van der Waals surface area contributed by atoms with Crippen LogP contribution in [0.5, 0.6) is 11.5 Å². The molecule has 0 unspecified atom stereocenters. The molecule has 0 aliphatic heterocycles. The van der Waals surface area contributed by atoms with Crippen molar-refractivity contribution in [1.29, 1.82) is 0 Å². The largest absolute Gasteiger partial charge is 0.504 e. The van der Waals surface area contributed by atoms with Crippen LogP contribution in [0.2, 0.25) is 0 Å². The lowest BCUT2D eigenvalue weighted by atomic mass is 10.2. The number of hydrogen-bond acceptors (Lipinski definition) is 4. The second-order valence-corrected chi connectivity index (χ2v) is 3.26. The number of hydrogen-bond donors (Lipinski definition) is 3. The van der Waals surface area contributed by atoms with E-state index < -0.39 is 0 Å². The predicted octanol–water partition coefficient (Wildman–Crippen LogP) is 0.947. The van der Waals surface area contributed by atoms with Crippen LogP contribution in [0.3, 0.4) is 0 Å². The quantitative estimate of drug-likeness (QED) is 0.671. The minimum Gasteiger partial charge on any atom is -0.504 e.